The molecule has 126 valence electrons. The van der Waals surface area contributed by atoms with E-state index in [1.54, 1.807) is 7.11 Å². The molecule has 0 radical (unpaired) electrons. The monoisotopic (exact) mass is 325 g/mol. The standard InChI is InChI=1S/C20H23NO3/c1-23-18-7-9-19(10-8-18)24-15-16-11-13-21(14-12-16)20(22)17-5-3-2-4-6-17/h2-10,16H,11-15H2,1H3. The first kappa shape index (κ1) is 16.4. The normalized spacial score (nSPS) is 15.1. The van der Waals surface area contributed by atoms with Crippen LogP contribution in [0.25, 0.3) is 0 Å². The Morgan fingerprint density at radius 1 is 1.00 bits per heavy atom. The van der Waals surface area contributed by atoms with Crippen molar-refractivity contribution < 1.29 is 14.3 Å². The first-order chi connectivity index (χ1) is 11.8. The van der Waals surface area contributed by atoms with Gasteiger partial charge >= 0.3 is 0 Å². The van der Waals surface area contributed by atoms with Gasteiger partial charge in [-0.25, -0.2) is 0 Å². The van der Waals surface area contributed by atoms with E-state index in [2.05, 4.69) is 0 Å². The molecule has 1 aliphatic heterocycles. The molecule has 0 bridgehead atoms. The fourth-order valence-electron chi connectivity index (χ4n) is 2.95. The quantitative estimate of drug-likeness (QED) is 0.843. The summed E-state index contributed by atoms with van der Waals surface area (Å²) in [5.74, 6) is 2.31. The lowest BCUT2D eigenvalue weighted by Gasteiger charge is -2.32. The molecular weight excluding hydrogens is 302 g/mol. The van der Waals surface area contributed by atoms with E-state index in [0.717, 1.165) is 43.0 Å². The van der Waals surface area contributed by atoms with Gasteiger partial charge in [0.25, 0.3) is 5.91 Å². The van der Waals surface area contributed by atoms with Crippen molar-refractivity contribution in [3.63, 3.8) is 0 Å². The molecule has 2 aromatic carbocycles. The SMILES string of the molecule is COc1ccc(OCC2CCN(C(=O)c3ccccc3)CC2)cc1. The number of benzene rings is 2. The van der Waals surface area contributed by atoms with Gasteiger partial charge in [-0.1, -0.05) is 18.2 Å². The molecule has 0 saturated carbocycles. The number of ether oxygens (including phenoxy) is 2. The summed E-state index contributed by atoms with van der Waals surface area (Å²) in [6.07, 6.45) is 1.96. The molecule has 3 rings (SSSR count). The first-order valence-corrected chi connectivity index (χ1v) is 8.37. The third-order valence-electron chi connectivity index (χ3n) is 4.47. The number of carbonyl (C=O) groups excluding carboxylic acids is 1. The Morgan fingerprint density at radius 3 is 2.25 bits per heavy atom. The summed E-state index contributed by atoms with van der Waals surface area (Å²) in [4.78, 5) is 14.4. The largest absolute Gasteiger partial charge is 0.497 e. The molecule has 1 aliphatic rings. The number of likely N-dealkylation sites (tertiary alicyclic amines) is 1. The molecule has 1 amide bonds. The van der Waals surface area contributed by atoms with Gasteiger partial charge in [-0.2, -0.15) is 0 Å². The molecule has 0 atom stereocenters. The summed E-state index contributed by atoms with van der Waals surface area (Å²) in [6.45, 7) is 2.29. The van der Waals surface area contributed by atoms with E-state index in [4.69, 9.17) is 9.47 Å². The molecule has 1 fully saturated rings. The average Bonchev–Trinajstić information content (AvgIpc) is 2.67. The van der Waals surface area contributed by atoms with Gasteiger partial charge in [0, 0.05) is 18.7 Å². The molecule has 4 heteroatoms. The molecule has 1 heterocycles. The van der Waals surface area contributed by atoms with Crippen molar-refractivity contribution in [2.45, 2.75) is 12.8 Å². The summed E-state index contributed by atoms with van der Waals surface area (Å²) in [5.41, 5.74) is 0.769. The number of piperidine rings is 1. The summed E-state index contributed by atoms with van der Waals surface area (Å²) >= 11 is 0. The minimum absolute atomic E-state index is 0.130. The molecule has 0 unspecified atom stereocenters. The summed E-state index contributed by atoms with van der Waals surface area (Å²) in [5, 5.41) is 0. The van der Waals surface area contributed by atoms with E-state index in [1.807, 2.05) is 59.5 Å². The summed E-state index contributed by atoms with van der Waals surface area (Å²) in [7, 11) is 1.65. The number of rotatable bonds is 5. The first-order valence-electron chi connectivity index (χ1n) is 8.37. The van der Waals surface area contributed by atoms with Crippen LogP contribution in [0.5, 0.6) is 11.5 Å². The van der Waals surface area contributed by atoms with Crippen LogP contribution >= 0.6 is 0 Å². The van der Waals surface area contributed by atoms with E-state index >= 15 is 0 Å². The number of amides is 1. The zero-order valence-electron chi connectivity index (χ0n) is 14.0. The summed E-state index contributed by atoms with van der Waals surface area (Å²) in [6, 6.07) is 17.1. The lowest BCUT2D eigenvalue weighted by atomic mass is 9.97. The molecule has 0 aliphatic carbocycles. The lowest BCUT2D eigenvalue weighted by molar-refractivity contribution is 0.0661. The van der Waals surface area contributed by atoms with Crippen LogP contribution in [0.3, 0.4) is 0 Å². The van der Waals surface area contributed by atoms with E-state index in [0.29, 0.717) is 12.5 Å². The van der Waals surface area contributed by atoms with Crippen molar-refractivity contribution in [2.24, 2.45) is 5.92 Å². The van der Waals surface area contributed by atoms with Gasteiger partial charge in [-0.05, 0) is 55.2 Å². The van der Waals surface area contributed by atoms with Crippen LogP contribution in [-0.2, 0) is 0 Å². The number of methoxy groups -OCH3 is 1. The molecule has 24 heavy (non-hydrogen) atoms. The van der Waals surface area contributed by atoms with Gasteiger partial charge in [0.05, 0.1) is 13.7 Å². The summed E-state index contributed by atoms with van der Waals surface area (Å²) < 4.78 is 11.0. The van der Waals surface area contributed by atoms with Crippen molar-refractivity contribution in [1.29, 1.82) is 0 Å². The smallest absolute Gasteiger partial charge is 0.253 e. The highest BCUT2D eigenvalue weighted by molar-refractivity contribution is 5.94. The Kier molecular flexibility index (Phi) is 5.36. The topological polar surface area (TPSA) is 38.8 Å². The Labute approximate surface area is 143 Å². The van der Waals surface area contributed by atoms with Crippen LogP contribution in [0, 0.1) is 5.92 Å². The van der Waals surface area contributed by atoms with Crippen LogP contribution in [0.15, 0.2) is 54.6 Å². The van der Waals surface area contributed by atoms with Crippen LogP contribution < -0.4 is 9.47 Å². The Balaban J connectivity index is 1.45. The highest BCUT2D eigenvalue weighted by Gasteiger charge is 2.23. The van der Waals surface area contributed by atoms with Gasteiger partial charge in [-0.15, -0.1) is 0 Å². The highest BCUT2D eigenvalue weighted by atomic mass is 16.5. The maximum absolute atomic E-state index is 12.4. The minimum atomic E-state index is 0.130. The zero-order valence-corrected chi connectivity index (χ0v) is 14.0. The molecule has 2 aromatic rings. The van der Waals surface area contributed by atoms with Crippen molar-refractivity contribution in [3.8, 4) is 11.5 Å². The van der Waals surface area contributed by atoms with E-state index in [-0.39, 0.29) is 5.91 Å². The Bertz CT molecular complexity index is 646. The van der Waals surface area contributed by atoms with Crippen LogP contribution in [0.1, 0.15) is 23.2 Å². The van der Waals surface area contributed by atoms with Gasteiger partial charge in [0.2, 0.25) is 0 Å². The lowest BCUT2D eigenvalue weighted by Crippen LogP contribution is -2.39. The third-order valence-corrected chi connectivity index (χ3v) is 4.47. The predicted octanol–water partition coefficient (Wildman–Crippen LogP) is 3.63. The Hall–Kier alpha value is -2.49. The van der Waals surface area contributed by atoms with Crippen LogP contribution in [0.2, 0.25) is 0 Å². The maximum Gasteiger partial charge on any atom is 0.253 e. The van der Waals surface area contributed by atoms with E-state index < -0.39 is 0 Å². The molecular formula is C20H23NO3. The highest BCUT2D eigenvalue weighted by Crippen LogP contribution is 2.22. The second kappa shape index (κ2) is 7.86. The third kappa shape index (κ3) is 4.07. The fraction of sp³-hybridized carbons (Fsp3) is 0.350. The minimum Gasteiger partial charge on any atom is -0.497 e. The van der Waals surface area contributed by atoms with Crippen molar-refractivity contribution in [3.05, 3.63) is 60.2 Å². The van der Waals surface area contributed by atoms with Gasteiger partial charge < -0.3 is 14.4 Å². The molecule has 1 saturated heterocycles. The second-order valence-electron chi connectivity index (χ2n) is 6.09. The van der Waals surface area contributed by atoms with Crippen LogP contribution in [0.4, 0.5) is 0 Å². The molecule has 0 N–H and O–H groups in total. The number of carbonyl (C=O) groups is 1. The fourth-order valence-corrected chi connectivity index (χ4v) is 2.95. The van der Waals surface area contributed by atoms with E-state index in [1.165, 1.54) is 0 Å². The predicted molar refractivity (Wildman–Crippen MR) is 93.6 cm³/mol. The molecule has 4 nitrogen and oxygen atoms in total. The van der Waals surface area contributed by atoms with Crippen molar-refractivity contribution in [1.82, 2.24) is 4.90 Å². The maximum atomic E-state index is 12.4. The average molecular weight is 325 g/mol. The molecule has 0 spiro atoms. The number of nitrogens with zero attached hydrogens (tertiary/aromatic N) is 1. The van der Waals surface area contributed by atoms with Gasteiger partial charge in [-0.3, -0.25) is 4.79 Å². The van der Waals surface area contributed by atoms with Crippen molar-refractivity contribution >= 4 is 5.91 Å². The molecule has 0 aromatic heterocycles. The second-order valence-corrected chi connectivity index (χ2v) is 6.09. The number of hydrogen-bond donors (Lipinski definition) is 0. The van der Waals surface area contributed by atoms with Crippen molar-refractivity contribution in [2.75, 3.05) is 26.8 Å². The van der Waals surface area contributed by atoms with Gasteiger partial charge in [0.1, 0.15) is 11.5 Å². The van der Waals surface area contributed by atoms with Crippen LogP contribution in [-0.4, -0.2) is 37.6 Å². The van der Waals surface area contributed by atoms with Gasteiger partial charge in [0.15, 0.2) is 0 Å². The zero-order chi connectivity index (χ0) is 16.8. The number of hydrogen-bond acceptors (Lipinski definition) is 3. The van der Waals surface area contributed by atoms with E-state index in [9.17, 15) is 4.79 Å². The Morgan fingerprint density at radius 2 is 1.62 bits per heavy atom.